The second-order valence-electron chi connectivity index (χ2n) is 5.20. The van der Waals surface area contributed by atoms with Crippen molar-refractivity contribution >= 4 is 12.0 Å². The average Bonchev–Trinajstić information content (AvgIpc) is 2.96. The molecule has 2 unspecified atom stereocenters. The molecule has 0 bridgehead atoms. The van der Waals surface area contributed by atoms with Crippen LogP contribution in [0.3, 0.4) is 0 Å². The Morgan fingerprint density at radius 3 is 2.67 bits per heavy atom. The lowest BCUT2D eigenvalue weighted by Crippen LogP contribution is -2.50. The molecular formula is C15H20N2O4. The number of benzene rings is 1. The van der Waals surface area contributed by atoms with E-state index in [-0.39, 0.29) is 19.1 Å². The van der Waals surface area contributed by atoms with Gasteiger partial charge in [0.05, 0.1) is 12.6 Å². The van der Waals surface area contributed by atoms with Crippen LogP contribution in [0.5, 0.6) is 0 Å². The lowest BCUT2D eigenvalue weighted by molar-refractivity contribution is -0.139. The number of hydrogen-bond donors (Lipinski definition) is 3. The molecule has 114 valence electrons. The van der Waals surface area contributed by atoms with Crippen molar-refractivity contribution in [1.82, 2.24) is 10.2 Å². The number of nitrogens with zero attached hydrogens (tertiary/aromatic N) is 1. The van der Waals surface area contributed by atoms with Crippen LogP contribution >= 0.6 is 0 Å². The van der Waals surface area contributed by atoms with Gasteiger partial charge in [0, 0.05) is 13.0 Å². The smallest absolute Gasteiger partial charge is 0.326 e. The Morgan fingerprint density at radius 2 is 2.05 bits per heavy atom. The zero-order valence-corrected chi connectivity index (χ0v) is 11.7. The fraction of sp³-hybridized carbons (Fsp3) is 0.467. The minimum absolute atomic E-state index is 0.0934. The van der Waals surface area contributed by atoms with Gasteiger partial charge >= 0.3 is 12.0 Å². The van der Waals surface area contributed by atoms with E-state index in [1.807, 2.05) is 30.3 Å². The number of hydrogen-bond acceptors (Lipinski definition) is 3. The Kier molecular flexibility index (Phi) is 5.16. The van der Waals surface area contributed by atoms with Crippen LogP contribution in [-0.4, -0.2) is 52.3 Å². The van der Waals surface area contributed by atoms with Crippen molar-refractivity contribution in [2.75, 3.05) is 13.2 Å². The number of amides is 2. The third-order valence-electron chi connectivity index (χ3n) is 3.73. The summed E-state index contributed by atoms with van der Waals surface area (Å²) in [6, 6.07) is 7.57. The highest BCUT2D eigenvalue weighted by molar-refractivity contribution is 5.83. The van der Waals surface area contributed by atoms with Crippen molar-refractivity contribution in [3.8, 4) is 0 Å². The standard InChI is InChI=1S/C15H20N2O4/c18-10-12-7-4-8-17(12)15(21)16-13(14(19)20)9-11-5-2-1-3-6-11/h1-3,5-6,12-13,18H,4,7-10H2,(H,16,21)(H,19,20). The summed E-state index contributed by atoms with van der Waals surface area (Å²) in [7, 11) is 0. The number of aliphatic hydroxyl groups excluding tert-OH is 1. The largest absolute Gasteiger partial charge is 0.480 e. The van der Waals surface area contributed by atoms with E-state index in [0.29, 0.717) is 6.54 Å². The Labute approximate surface area is 123 Å². The maximum absolute atomic E-state index is 12.2. The fourth-order valence-corrected chi connectivity index (χ4v) is 2.57. The molecule has 0 aliphatic carbocycles. The van der Waals surface area contributed by atoms with E-state index in [1.165, 1.54) is 4.90 Å². The van der Waals surface area contributed by atoms with Crippen LogP contribution in [0, 0.1) is 0 Å². The molecule has 3 N–H and O–H groups in total. The number of aliphatic carboxylic acids is 1. The van der Waals surface area contributed by atoms with Gasteiger partial charge in [-0.2, -0.15) is 0 Å². The monoisotopic (exact) mass is 292 g/mol. The molecule has 1 heterocycles. The van der Waals surface area contributed by atoms with E-state index in [9.17, 15) is 19.8 Å². The zero-order chi connectivity index (χ0) is 15.2. The van der Waals surface area contributed by atoms with Crippen molar-refractivity contribution in [2.45, 2.75) is 31.3 Å². The highest BCUT2D eigenvalue weighted by Gasteiger charge is 2.30. The van der Waals surface area contributed by atoms with Gasteiger partial charge in [-0.1, -0.05) is 30.3 Å². The summed E-state index contributed by atoms with van der Waals surface area (Å²) in [5.74, 6) is -1.06. The lowest BCUT2D eigenvalue weighted by atomic mass is 10.1. The number of nitrogens with one attached hydrogen (secondary N) is 1. The maximum Gasteiger partial charge on any atom is 0.326 e. The number of carbonyl (C=O) groups excluding carboxylic acids is 1. The molecule has 21 heavy (non-hydrogen) atoms. The van der Waals surface area contributed by atoms with E-state index >= 15 is 0 Å². The molecule has 1 saturated heterocycles. The number of aliphatic hydroxyl groups is 1. The van der Waals surface area contributed by atoms with Crippen LogP contribution in [0.15, 0.2) is 30.3 Å². The number of rotatable bonds is 5. The van der Waals surface area contributed by atoms with Crippen molar-refractivity contribution in [3.63, 3.8) is 0 Å². The summed E-state index contributed by atoms with van der Waals surface area (Å²) in [6.07, 6.45) is 1.81. The Balaban J connectivity index is 1.99. The Hall–Kier alpha value is -2.08. The summed E-state index contributed by atoms with van der Waals surface area (Å²) in [4.78, 5) is 25.0. The van der Waals surface area contributed by atoms with E-state index < -0.39 is 18.0 Å². The predicted octanol–water partition coefficient (Wildman–Crippen LogP) is 0.849. The van der Waals surface area contributed by atoms with Crippen LogP contribution in [0.2, 0.25) is 0 Å². The highest BCUT2D eigenvalue weighted by atomic mass is 16.4. The van der Waals surface area contributed by atoms with Gasteiger partial charge in [0.15, 0.2) is 0 Å². The van der Waals surface area contributed by atoms with E-state index in [2.05, 4.69) is 5.32 Å². The number of carboxylic acids is 1. The van der Waals surface area contributed by atoms with Gasteiger partial charge in [-0.3, -0.25) is 0 Å². The van der Waals surface area contributed by atoms with Gasteiger partial charge < -0.3 is 20.4 Å². The molecule has 2 amide bonds. The molecule has 1 aliphatic rings. The van der Waals surface area contributed by atoms with Gasteiger partial charge in [0.2, 0.25) is 0 Å². The third-order valence-corrected chi connectivity index (χ3v) is 3.73. The summed E-state index contributed by atoms with van der Waals surface area (Å²) < 4.78 is 0. The first kappa shape index (κ1) is 15.3. The van der Waals surface area contributed by atoms with Gasteiger partial charge in [-0.15, -0.1) is 0 Å². The molecule has 1 aromatic carbocycles. The van der Waals surface area contributed by atoms with Gasteiger partial charge in [0.1, 0.15) is 6.04 Å². The fourth-order valence-electron chi connectivity index (χ4n) is 2.57. The summed E-state index contributed by atoms with van der Waals surface area (Å²) in [5, 5.41) is 21.0. The van der Waals surface area contributed by atoms with Crippen molar-refractivity contribution in [1.29, 1.82) is 0 Å². The molecular weight excluding hydrogens is 272 g/mol. The van der Waals surface area contributed by atoms with Gasteiger partial charge in [-0.25, -0.2) is 9.59 Å². The molecule has 2 rings (SSSR count). The van der Waals surface area contributed by atoms with Crippen LogP contribution in [0.1, 0.15) is 18.4 Å². The summed E-state index contributed by atoms with van der Waals surface area (Å²) in [5.41, 5.74) is 0.852. The van der Waals surface area contributed by atoms with Crippen LogP contribution < -0.4 is 5.32 Å². The molecule has 0 radical (unpaired) electrons. The van der Waals surface area contributed by atoms with Crippen LogP contribution in [0.25, 0.3) is 0 Å². The molecule has 1 aromatic rings. The summed E-state index contributed by atoms with van der Waals surface area (Å²) in [6.45, 7) is 0.457. The molecule has 6 heteroatoms. The van der Waals surface area contributed by atoms with E-state index in [4.69, 9.17) is 0 Å². The first-order valence-corrected chi connectivity index (χ1v) is 7.06. The molecule has 2 atom stereocenters. The molecule has 0 saturated carbocycles. The van der Waals surface area contributed by atoms with Crippen molar-refractivity contribution in [2.24, 2.45) is 0 Å². The van der Waals surface area contributed by atoms with E-state index in [1.54, 1.807) is 0 Å². The topological polar surface area (TPSA) is 89.9 Å². The number of likely N-dealkylation sites (tertiary alicyclic amines) is 1. The lowest BCUT2D eigenvalue weighted by Gasteiger charge is -2.25. The Morgan fingerprint density at radius 1 is 1.33 bits per heavy atom. The molecule has 0 spiro atoms. The predicted molar refractivity (Wildman–Crippen MR) is 76.9 cm³/mol. The number of carboxylic acid groups (broad SMARTS) is 1. The van der Waals surface area contributed by atoms with Crippen LogP contribution in [0.4, 0.5) is 4.79 Å². The molecule has 6 nitrogen and oxygen atoms in total. The number of urea groups is 1. The van der Waals surface area contributed by atoms with Crippen molar-refractivity contribution < 1.29 is 19.8 Å². The third kappa shape index (κ3) is 3.95. The maximum atomic E-state index is 12.2. The quantitative estimate of drug-likeness (QED) is 0.750. The normalized spacial score (nSPS) is 19.3. The minimum Gasteiger partial charge on any atom is -0.480 e. The first-order chi connectivity index (χ1) is 10.1. The van der Waals surface area contributed by atoms with Crippen molar-refractivity contribution in [3.05, 3.63) is 35.9 Å². The van der Waals surface area contributed by atoms with Gasteiger partial charge in [0.25, 0.3) is 0 Å². The van der Waals surface area contributed by atoms with E-state index in [0.717, 1.165) is 18.4 Å². The molecule has 1 fully saturated rings. The average molecular weight is 292 g/mol. The zero-order valence-electron chi connectivity index (χ0n) is 11.7. The first-order valence-electron chi connectivity index (χ1n) is 7.06. The SMILES string of the molecule is O=C(O)C(Cc1ccccc1)NC(=O)N1CCCC1CO. The second kappa shape index (κ2) is 7.08. The molecule has 0 aromatic heterocycles. The molecule has 1 aliphatic heterocycles. The number of carbonyl (C=O) groups is 2. The van der Waals surface area contributed by atoms with Crippen LogP contribution in [-0.2, 0) is 11.2 Å². The second-order valence-corrected chi connectivity index (χ2v) is 5.20. The summed E-state index contributed by atoms with van der Waals surface area (Å²) >= 11 is 0. The Bertz CT molecular complexity index is 492. The van der Waals surface area contributed by atoms with Gasteiger partial charge in [-0.05, 0) is 18.4 Å². The highest BCUT2D eigenvalue weighted by Crippen LogP contribution is 2.16. The minimum atomic E-state index is -1.06.